The molecule has 132 valence electrons. The summed E-state index contributed by atoms with van der Waals surface area (Å²) in [7, 11) is -4.28. The summed E-state index contributed by atoms with van der Waals surface area (Å²) in [5, 5.41) is 19.7. The average Bonchev–Trinajstić information content (AvgIpc) is 2.56. The average molecular weight is 368 g/mol. The van der Waals surface area contributed by atoms with Crippen LogP contribution >= 0.6 is 0 Å². The van der Waals surface area contributed by atoms with Crippen LogP contribution in [0.25, 0.3) is 0 Å². The summed E-state index contributed by atoms with van der Waals surface area (Å²) in [6, 6.07) is 8.84. The Hall–Kier alpha value is -3.01. The normalized spacial score (nSPS) is 11.1. The van der Waals surface area contributed by atoms with Gasteiger partial charge >= 0.3 is 5.97 Å². The van der Waals surface area contributed by atoms with Crippen LogP contribution in [0.15, 0.2) is 53.4 Å². The molecule has 25 heavy (non-hydrogen) atoms. The smallest absolute Gasteiger partial charge is 0.305 e. The van der Waals surface area contributed by atoms with Gasteiger partial charge in [0.15, 0.2) is 0 Å². The van der Waals surface area contributed by atoms with Crippen LogP contribution in [0, 0.1) is 15.9 Å². The molecule has 0 amide bonds. The molecule has 2 aromatic carbocycles. The van der Waals surface area contributed by atoms with Gasteiger partial charge in [0.05, 0.1) is 21.9 Å². The molecule has 2 rings (SSSR count). The molecule has 0 aliphatic carbocycles. The standard InChI is InChI=1S/C15H13FN2O6S/c16-11-4-6-12(7-5-11)17(9-8-15(19)20)25(23,24)14-3-1-2-13(10-14)18(21)22/h1-7,10H,8-9H2,(H,19,20). The number of hydrogen-bond donors (Lipinski definition) is 1. The first kappa shape index (κ1) is 18.3. The van der Waals surface area contributed by atoms with Crippen molar-refractivity contribution in [3.63, 3.8) is 0 Å². The first-order valence-corrected chi connectivity index (χ1v) is 8.40. The SMILES string of the molecule is O=C(O)CCN(c1ccc(F)cc1)S(=O)(=O)c1cccc([N+](=O)[O-])c1. The molecule has 0 unspecified atom stereocenters. The van der Waals surface area contributed by atoms with E-state index >= 15 is 0 Å². The summed E-state index contributed by atoms with van der Waals surface area (Å²) in [4.78, 5) is 20.6. The molecule has 0 fully saturated rings. The number of nitrogens with zero attached hydrogens (tertiary/aromatic N) is 2. The van der Waals surface area contributed by atoms with E-state index in [1.165, 1.54) is 24.3 Å². The highest BCUT2D eigenvalue weighted by Gasteiger charge is 2.27. The van der Waals surface area contributed by atoms with Gasteiger partial charge in [0.25, 0.3) is 15.7 Å². The fraction of sp³-hybridized carbons (Fsp3) is 0.133. The van der Waals surface area contributed by atoms with Gasteiger partial charge in [0.1, 0.15) is 5.82 Å². The molecule has 8 nitrogen and oxygen atoms in total. The minimum absolute atomic E-state index is 0.0501. The number of nitro groups is 1. The fourth-order valence-corrected chi connectivity index (χ4v) is 3.58. The molecule has 0 radical (unpaired) electrons. The van der Waals surface area contributed by atoms with Crippen LogP contribution in [0.2, 0.25) is 0 Å². The van der Waals surface area contributed by atoms with Crippen molar-refractivity contribution in [2.75, 3.05) is 10.8 Å². The monoisotopic (exact) mass is 368 g/mol. The maximum atomic E-state index is 13.1. The zero-order chi connectivity index (χ0) is 18.6. The molecule has 0 spiro atoms. The molecular weight excluding hydrogens is 355 g/mol. The number of carbonyl (C=O) groups is 1. The lowest BCUT2D eigenvalue weighted by atomic mass is 10.3. The zero-order valence-corrected chi connectivity index (χ0v) is 13.5. The third kappa shape index (κ3) is 4.29. The van der Waals surface area contributed by atoms with Gasteiger partial charge in [0.2, 0.25) is 0 Å². The lowest BCUT2D eigenvalue weighted by Gasteiger charge is -2.23. The van der Waals surface area contributed by atoms with Crippen molar-refractivity contribution in [2.45, 2.75) is 11.3 Å². The number of hydrogen-bond acceptors (Lipinski definition) is 5. The molecule has 0 saturated carbocycles. The number of anilines is 1. The van der Waals surface area contributed by atoms with Crippen molar-refractivity contribution in [1.29, 1.82) is 0 Å². The van der Waals surface area contributed by atoms with Gasteiger partial charge in [-0.25, -0.2) is 12.8 Å². The van der Waals surface area contributed by atoms with Crippen molar-refractivity contribution < 1.29 is 27.6 Å². The third-order valence-electron chi connectivity index (χ3n) is 3.26. The number of carboxylic acids is 1. The molecule has 0 heterocycles. The molecule has 1 N–H and O–H groups in total. The molecule has 10 heteroatoms. The Bertz CT molecular complexity index is 898. The van der Waals surface area contributed by atoms with E-state index < -0.39 is 45.4 Å². The van der Waals surface area contributed by atoms with Gasteiger partial charge < -0.3 is 5.11 Å². The van der Waals surface area contributed by atoms with E-state index in [0.717, 1.165) is 28.6 Å². The molecule has 0 aliphatic heterocycles. The van der Waals surface area contributed by atoms with Crippen molar-refractivity contribution in [2.24, 2.45) is 0 Å². The second-order valence-electron chi connectivity index (χ2n) is 4.95. The van der Waals surface area contributed by atoms with E-state index in [-0.39, 0.29) is 10.6 Å². The summed E-state index contributed by atoms with van der Waals surface area (Å²) >= 11 is 0. The predicted molar refractivity (Wildman–Crippen MR) is 86.3 cm³/mol. The van der Waals surface area contributed by atoms with Crippen LogP contribution in [0.5, 0.6) is 0 Å². The maximum Gasteiger partial charge on any atom is 0.305 e. The van der Waals surface area contributed by atoms with Crippen LogP contribution < -0.4 is 4.31 Å². The number of nitro benzene ring substituents is 1. The molecule has 0 atom stereocenters. The first-order valence-electron chi connectivity index (χ1n) is 6.96. The van der Waals surface area contributed by atoms with Gasteiger partial charge in [-0.2, -0.15) is 0 Å². The molecule has 0 aliphatic rings. The second-order valence-corrected chi connectivity index (χ2v) is 6.81. The number of halogens is 1. The maximum absolute atomic E-state index is 13.1. The van der Waals surface area contributed by atoms with Crippen LogP contribution in [-0.4, -0.2) is 31.0 Å². The fourth-order valence-electron chi connectivity index (χ4n) is 2.08. The Morgan fingerprint density at radius 2 is 1.84 bits per heavy atom. The Morgan fingerprint density at radius 1 is 1.20 bits per heavy atom. The zero-order valence-electron chi connectivity index (χ0n) is 12.7. The summed E-state index contributed by atoms with van der Waals surface area (Å²) in [6.45, 7) is -0.411. The Kier molecular flexibility index (Phi) is 5.32. The van der Waals surface area contributed by atoms with Crippen molar-refractivity contribution in [3.8, 4) is 0 Å². The van der Waals surface area contributed by atoms with E-state index in [0.29, 0.717) is 0 Å². The summed E-state index contributed by atoms with van der Waals surface area (Å²) in [5.74, 6) is -1.81. The lowest BCUT2D eigenvalue weighted by molar-refractivity contribution is -0.385. The molecular formula is C15H13FN2O6S. The molecule has 0 saturated heterocycles. The van der Waals surface area contributed by atoms with Gasteiger partial charge in [0, 0.05) is 18.7 Å². The van der Waals surface area contributed by atoms with Crippen molar-refractivity contribution in [3.05, 3.63) is 64.5 Å². The van der Waals surface area contributed by atoms with Crippen LogP contribution in [0.3, 0.4) is 0 Å². The number of aliphatic carboxylic acids is 1. The van der Waals surface area contributed by atoms with E-state index in [1.807, 2.05) is 0 Å². The van der Waals surface area contributed by atoms with Crippen LogP contribution in [-0.2, 0) is 14.8 Å². The van der Waals surface area contributed by atoms with E-state index in [4.69, 9.17) is 5.11 Å². The number of rotatable bonds is 7. The molecule has 0 aromatic heterocycles. The number of benzene rings is 2. The predicted octanol–water partition coefficient (Wildman–Crippen LogP) is 2.40. The number of sulfonamides is 1. The van der Waals surface area contributed by atoms with Gasteiger partial charge in [-0.05, 0) is 30.3 Å². The highest BCUT2D eigenvalue weighted by Crippen LogP contribution is 2.26. The van der Waals surface area contributed by atoms with Crippen LogP contribution in [0.1, 0.15) is 6.42 Å². The van der Waals surface area contributed by atoms with Gasteiger partial charge in [-0.1, -0.05) is 6.07 Å². The van der Waals surface area contributed by atoms with Crippen molar-refractivity contribution >= 4 is 27.4 Å². The van der Waals surface area contributed by atoms with Gasteiger partial charge in [-0.3, -0.25) is 19.2 Å². The summed E-state index contributed by atoms with van der Waals surface area (Å²) < 4.78 is 39.5. The first-order chi connectivity index (χ1) is 11.7. The van der Waals surface area contributed by atoms with Crippen LogP contribution in [0.4, 0.5) is 15.8 Å². The Morgan fingerprint density at radius 3 is 2.40 bits per heavy atom. The largest absolute Gasteiger partial charge is 0.481 e. The van der Waals surface area contributed by atoms with Crippen molar-refractivity contribution in [1.82, 2.24) is 0 Å². The molecule has 2 aromatic rings. The Balaban J connectivity index is 2.50. The minimum atomic E-state index is -4.28. The second kappa shape index (κ2) is 7.26. The quantitative estimate of drug-likeness (QED) is 0.592. The van der Waals surface area contributed by atoms with E-state index in [1.54, 1.807) is 0 Å². The third-order valence-corrected chi connectivity index (χ3v) is 5.08. The van der Waals surface area contributed by atoms with Gasteiger partial charge in [-0.15, -0.1) is 0 Å². The lowest BCUT2D eigenvalue weighted by Crippen LogP contribution is -2.33. The highest BCUT2D eigenvalue weighted by molar-refractivity contribution is 7.92. The topological polar surface area (TPSA) is 118 Å². The van der Waals surface area contributed by atoms with E-state index in [9.17, 15) is 27.7 Å². The summed E-state index contributed by atoms with van der Waals surface area (Å²) in [6.07, 6.45) is -0.495. The highest BCUT2D eigenvalue weighted by atomic mass is 32.2. The number of non-ortho nitro benzene ring substituents is 1. The molecule has 0 bridgehead atoms. The summed E-state index contributed by atoms with van der Waals surface area (Å²) in [5.41, 5.74) is -0.368. The van der Waals surface area contributed by atoms with E-state index in [2.05, 4.69) is 0 Å². The minimum Gasteiger partial charge on any atom is -0.481 e. The number of carboxylic acid groups (broad SMARTS) is 1. The Labute approximate surface area is 142 Å².